The number of morpholine rings is 1. The van der Waals surface area contributed by atoms with Gasteiger partial charge in [0.25, 0.3) is 0 Å². The molecule has 18 heavy (non-hydrogen) atoms. The lowest BCUT2D eigenvalue weighted by Crippen LogP contribution is -2.46. The maximum atomic E-state index is 13.3. The van der Waals surface area contributed by atoms with Gasteiger partial charge in [-0.15, -0.1) is 0 Å². The fourth-order valence-electron chi connectivity index (χ4n) is 2.21. The highest BCUT2D eigenvalue weighted by Crippen LogP contribution is 2.18. The van der Waals surface area contributed by atoms with Crippen LogP contribution in [-0.2, 0) is 11.3 Å². The summed E-state index contributed by atoms with van der Waals surface area (Å²) in [5.74, 6) is -0.294. The summed E-state index contributed by atoms with van der Waals surface area (Å²) in [4.78, 5) is 2.23. The topological polar surface area (TPSA) is 36.3 Å². The zero-order valence-corrected chi connectivity index (χ0v) is 10.7. The van der Waals surface area contributed by atoms with Gasteiger partial charge in [0.2, 0.25) is 0 Å². The Bertz CT molecular complexity index is 469. The highest BCUT2D eigenvalue weighted by atomic mass is 19.1. The van der Waals surface area contributed by atoms with Crippen molar-refractivity contribution in [2.24, 2.45) is 0 Å². The van der Waals surface area contributed by atoms with Crippen LogP contribution < -0.4 is 0 Å². The van der Waals surface area contributed by atoms with Gasteiger partial charge in [-0.1, -0.05) is 0 Å². The van der Waals surface area contributed by atoms with Crippen molar-refractivity contribution >= 4 is 0 Å². The average molecular weight is 248 g/mol. The molecule has 4 heteroatoms. The first-order chi connectivity index (χ1) is 8.60. The van der Waals surface area contributed by atoms with Crippen LogP contribution in [0.2, 0.25) is 0 Å². The molecule has 0 amide bonds. The van der Waals surface area contributed by atoms with Crippen LogP contribution in [0, 0.1) is 17.1 Å². The van der Waals surface area contributed by atoms with E-state index in [2.05, 4.69) is 17.9 Å². The molecule has 2 unspecified atom stereocenters. The zero-order chi connectivity index (χ0) is 13.1. The monoisotopic (exact) mass is 248 g/mol. The van der Waals surface area contributed by atoms with E-state index in [1.807, 2.05) is 6.92 Å². The van der Waals surface area contributed by atoms with Crippen molar-refractivity contribution < 1.29 is 9.13 Å². The third-order valence-corrected chi connectivity index (χ3v) is 3.30. The van der Waals surface area contributed by atoms with E-state index in [4.69, 9.17) is 10.00 Å². The number of hydrogen-bond acceptors (Lipinski definition) is 3. The van der Waals surface area contributed by atoms with Gasteiger partial charge in [-0.3, -0.25) is 4.90 Å². The number of nitriles is 1. The molecule has 1 aliphatic heterocycles. The van der Waals surface area contributed by atoms with Crippen molar-refractivity contribution in [1.29, 1.82) is 5.26 Å². The van der Waals surface area contributed by atoms with Gasteiger partial charge in [-0.2, -0.15) is 5.26 Å². The summed E-state index contributed by atoms with van der Waals surface area (Å²) in [6.07, 6.45) is 0.181. The van der Waals surface area contributed by atoms with Gasteiger partial charge in [-0.05, 0) is 37.6 Å². The Kier molecular flexibility index (Phi) is 3.95. The number of hydrogen-bond donors (Lipinski definition) is 0. The molecular formula is C14H17FN2O. The standard InChI is InChI=1S/C14H17FN2O/c1-10-9-18-11(2)7-17(10)8-13-5-14(15)4-3-12(13)6-16/h3-5,10-11H,7-9H2,1-2H3. The minimum Gasteiger partial charge on any atom is -0.376 e. The lowest BCUT2D eigenvalue weighted by Gasteiger charge is -2.36. The van der Waals surface area contributed by atoms with E-state index in [1.54, 1.807) is 6.07 Å². The van der Waals surface area contributed by atoms with Crippen LogP contribution in [0.5, 0.6) is 0 Å². The maximum Gasteiger partial charge on any atom is 0.123 e. The SMILES string of the molecule is CC1CN(Cc2cc(F)ccc2C#N)C(C)CO1. The number of rotatable bonds is 2. The smallest absolute Gasteiger partial charge is 0.123 e. The molecule has 0 aromatic heterocycles. The highest BCUT2D eigenvalue weighted by Gasteiger charge is 2.24. The first-order valence-electron chi connectivity index (χ1n) is 6.14. The van der Waals surface area contributed by atoms with Crippen LogP contribution in [-0.4, -0.2) is 30.2 Å². The number of ether oxygens (including phenoxy) is 1. The van der Waals surface area contributed by atoms with E-state index in [9.17, 15) is 4.39 Å². The number of halogens is 1. The Morgan fingerprint density at radius 1 is 1.50 bits per heavy atom. The van der Waals surface area contributed by atoms with E-state index in [-0.39, 0.29) is 18.0 Å². The molecule has 96 valence electrons. The average Bonchev–Trinajstić information content (AvgIpc) is 2.34. The van der Waals surface area contributed by atoms with Gasteiger partial charge < -0.3 is 4.74 Å². The predicted molar refractivity (Wildman–Crippen MR) is 66.4 cm³/mol. The molecule has 0 saturated carbocycles. The number of nitrogens with zero attached hydrogens (tertiary/aromatic N) is 2. The van der Waals surface area contributed by atoms with Gasteiger partial charge in [0, 0.05) is 19.1 Å². The lowest BCUT2D eigenvalue weighted by molar-refractivity contribution is -0.0527. The van der Waals surface area contributed by atoms with Crippen molar-refractivity contribution in [3.8, 4) is 6.07 Å². The fraction of sp³-hybridized carbons (Fsp3) is 0.500. The van der Waals surface area contributed by atoms with E-state index in [0.717, 1.165) is 12.1 Å². The van der Waals surface area contributed by atoms with Crippen LogP contribution in [0.25, 0.3) is 0 Å². The zero-order valence-electron chi connectivity index (χ0n) is 10.7. The van der Waals surface area contributed by atoms with Gasteiger partial charge in [0.1, 0.15) is 5.82 Å². The fourth-order valence-corrected chi connectivity index (χ4v) is 2.21. The Morgan fingerprint density at radius 2 is 2.28 bits per heavy atom. The van der Waals surface area contributed by atoms with E-state index < -0.39 is 0 Å². The Morgan fingerprint density at radius 3 is 3.00 bits per heavy atom. The molecule has 1 aliphatic rings. The van der Waals surface area contributed by atoms with Crippen molar-refractivity contribution in [3.05, 3.63) is 35.1 Å². The second kappa shape index (κ2) is 5.47. The Balaban J connectivity index is 2.17. The van der Waals surface area contributed by atoms with Crippen molar-refractivity contribution in [2.75, 3.05) is 13.2 Å². The molecule has 1 saturated heterocycles. The van der Waals surface area contributed by atoms with Crippen LogP contribution >= 0.6 is 0 Å². The van der Waals surface area contributed by atoms with E-state index in [1.165, 1.54) is 12.1 Å². The van der Waals surface area contributed by atoms with E-state index >= 15 is 0 Å². The summed E-state index contributed by atoms with van der Waals surface area (Å²) in [6.45, 7) is 6.18. The molecule has 0 radical (unpaired) electrons. The molecular weight excluding hydrogens is 231 g/mol. The van der Waals surface area contributed by atoms with Crippen LogP contribution in [0.4, 0.5) is 4.39 Å². The van der Waals surface area contributed by atoms with Crippen LogP contribution in [0.15, 0.2) is 18.2 Å². The van der Waals surface area contributed by atoms with Crippen molar-refractivity contribution in [2.45, 2.75) is 32.5 Å². The molecule has 2 rings (SSSR count). The Labute approximate surface area is 107 Å². The highest BCUT2D eigenvalue weighted by molar-refractivity contribution is 5.37. The van der Waals surface area contributed by atoms with Crippen molar-refractivity contribution in [1.82, 2.24) is 4.90 Å². The minimum atomic E-state index is -0.294. The molecule has 0 N–H and O–H groups in total. The van der Waals surface area contributed by atoms with Gasteiger partial charge in [0.05, 0.1) is 24.3 Å². The summed E-state index contributed by atoms with van der Waals surface area (Å²) in [7, 11) is 0. The maximum absolute atomic E-state index is 13.3. The van der Waals surface area contributed by atoms with Crippen molar-refractivity contribution in [3.63, 3.8) is 0 Å². The molecule has 1 aromatic rings. The molecule has 3 nitrogen and oxygen atoms in total. The molecule has 1 fully saturated rings. The summed E-state index contributed by atoms with van der Waals surface area (Å²) in [5, 5.41) is 9.04. The molecule has 0 bridgehead atoms. The van der Waals surface area contributed by atoms with Gasteiger partial charge in [-0.25, -0.2) is 4.39 Å². The third-order valence-electron chi connectivity index (χ3n) is 3.30. The summed E-state index contributed by atoms with van der Waals surface area (Å²) in [5.41, 5.74) is 1.29. The van der Waals surface area contributed by atoms with E-state index in [0.29, 0.717) is 18.7 Å². The molecule has 1 aromatic carbocycles. The number of benzene rings is 1. The lowest BCUT2D eigenvalue weighted by atomic mass is 10.1. The van der Waals surface area contributed by atoms with Gasteiger partial charge >= 0.3 is 0 Å². The summed E-state index contributed by atoms with van der Waals surface area (Å²) in [6, 6.07) is 6.72. The molecule has 1 heterocycles. The predicted octanol–water partition coefficient (Wildman–Crippen LogP) is 2.31. The van der Waals surface area contributed by atoms with Crippen LogP contribution in [0.3, 0.4) is 0 Å². The summed E-state index contributed by atoms with van der Waals surface area (Å²) >= 11 is 0. The summed E-state index contributed by atoms with van der Waals surface area (Å²) < 4.78 is 18.8. The van der Waals surface area contributed by atoms with Gasteiger partial charge in [0.15, 0.2) is 0 Å². The third kappa shape index (κ3) is 2.87. The second-order valence-corrected chi connectivity index (χ2v) is 4.84. The second-order valence-electron chi connectivity index (χ2n) is 4.84. The van der Waals surface area contributed by atoms with Crippen LogP contribution in [0.1, 0.15) is 25.0 Å². The molecule has 0 spiro atoms. The quantitative estimate of drug-likeness (QED) is 0.805. The normalized spacial score (nSPS) is 24.8. The Hall–Kier alpha value is -1.44. The minimum absolute atomic E-state index is 0.181. The first-order valence-corrected chi connectivity index (χ1v) is 6.14. The largest absolute Gasteiger partial charge is 0.376 e. The molecule has 2 atom stereocenters. The molecule has 0 aliphatic carbocycles. The first kappa shape index (κ1) is 13.0.